The van der Waals surface area contributed by atoms with E-state index in [1.165, 1.54) is 0 Å². The summed E-state index contributed by atoms with van der Waals surface area (Å²) in [6.45, 7) is 3.78. The predicted octanol–water partition coefficient (Wildman–Crippen LogP) is 2.25. The van der Waals surface area contributed by atoms with E-state index in [4.69, 9.17) is 0 Å². The normalized spacial score (nSPS) is 12.1. The van der Waals surface area contributed by atoms with Crippen molar-refractivity contribution in [3.8, 4) is 0 Å². The predicted molar refractivity (Wildman–Crippen MR) is 69.2 cm³/mol. The lowest BCUT2D eigenvalue weighted by Gasteiger charge is -2.13. The van der Waals surface area contributed by atoms with E-state index in [0.717, 1.165) is 12.0 Å². The first-order valence-electron chi connectivity index (χ1n) is 5.95. The van der Waals surface area contributed by atoms with Crippen LogP contribution < -0.4 is 5.32 Å². The molecule has 0 bridgehead atoms. The molecule has 0 saturated carbocycles. The van der Waals surface area contributed by atoms with Crippen LogP contribution in [-0.4, -0.2) is 21.1 Å². The van der Waals surface area contributed by atoms with E-state index in [1.54, 1.807) is 6.92 Å². The standard InChI is InChI=1S/C13H16N4O/c1-3-11(10-7-5-4-6-8-10)12(18)15-13-14-9(2)16-17-13/h4-8,11H,3H2,1-2H3,(H2,14,15,16,17,18). The minimum Gasteiger partial charge on any atom is -0.293 e. The van der Waals surface area contributed by atoms with E-state index in [0.29, 0.717) is 11.8 Å². The summed E-state index contributed by atoms with van der Waals surface area (Å²) >= 11 is 0. The molecule has 0 fully saturated rings. The minimum atomic E-state index is -0.176. The van der Waals surface area contributed by atoms with Gasteiger partial charge in [0.15, 0.2) is 0 Å². The molecule has 1 aromatic carbocycles. The molecule has 1 atom stereocenters. The summed E-state index contributed by atoms with van der Waals surface area (Å²) in [5.41, 5.74) is 1.00. The van der Waals surface area contributed by atoms with Gasteiger partial charge in [-0.25, -0.2) is 0 Å². The lowest BCUT2D eigenvalue weighted by Crippen LogP contribution is -2.21. The van der Waals surface area contributed by atoms with E-state index in [9.17, 15) is 4.79 Å². The van der Waals surface area contributed by atoms with E-state index in [2.05, 4.69) is 20.5 Å². The minimum absolute atomic E-state index is 0.0808. The number of aryl methyl sites for hydroxylation is 1. The van der Waals surface area contributed by atoms with Gasteiger partial charge in [0, 0.05) is 0 Å². The van der Waals surface area contributed by atoms with Gasteiger partial charge in [0.1, 0.15) is 5.82 Å². The van der Waals surface area contributed by atoms with Gasteiger partial charge in [0.25, 0.3) is 0 Å². The van der Waals surface area contributed by atoms with Gasteiger partial charge in [-0.2, -0.15) is 4.98 Å². The number of carbonyl (C=O) groups is 1. The molecule has 2 N–H and O–H groups in total. The largest absolute Gasteiger partial charge is 0.293 e. The van der Waals surface area contributed by atoms with E-state index < -0.39 is 0 Å². The number of aromatic nitrogens is 3. The Kier molecular flexibility index (Phi) is 3.72. The molecule has 1 amide bonds. The summed E-state index contributed by atoms with van der Waals surface area (Å²) in [5.74, 6) is 0.748. The molecule has 0 aliphatic heterocycles. The fourth-order valence-corrected chi connectivity index (χ4v) is 1.85. The molecular formula is C13H16N4O. The molecule has 0 aliphatic carbocycles. The van der Waals surface area contributed by atoms with Gasteiger partial charge in [-0.1, -0.05) is 37.3 Å². The van der Waals surface area contributed by atoms with E-state index in [1.807, 2.05) is 37.3 Å². The molecule has 5 heteroatoms. The van der Waals surface area contributed by atoms with E-state index >= 15 is 0 Å². The molecule has 0 spiro atoms. The van der Waals surface area contributed by atoms with Gasteiger partial charge >= 0.3 is 0 Å². The van der Waals surface area contributed by atoms with Crippen LogP contribution in [0.1, 0.15) is 30.7 Å². The number of benzene rings is 1. The van der Waals surface area contributed by atoms with Crippen molar-refractivity contribution in [1.82, 2.24) is 15.2 Å². The van der Waals surface area contributed by atoms with Crippen molar-refractivity contribution < 1.29 is 4.79 Å². The highest BCUT2D eigenvalue weighted by atomic mass is 16.2. The number of carbonyl (C=O) groups excluding carboxylic acids is 1. The zero-order chi connectivity index (χ0) is 13.0. The van der Waals surface area contributed by atoms with Crippen LogP contribution in [0.4, 0.5) is 5.95 Å². The smallest absolute Gasteiger partial charge is 0.248 e. The van der Waals surface area contributed by atoms with Crippen molar-refractivity contribution in [2.75, 3.05) is 5.32 Å². The maximum absolute atomic E-state index is 12.1. The number of anilines is 1. The van der Waals surface area contributed by atoms with Crippen molar-refractivity contribution in [2.24, 2.45) is 0 Å². The summed E-state index contributed by atoms with van der Waals surface area (Å²) in [7, 11) is 0. The van der Waals surface area contributed by atoms with Crippen molar-refractivity contribution in [1.29, 1.82) is 0 Å². The maximum Gasteiger partial charge on any atom is 0.248 e. The summed E-state index contributed by atoms with van der Waals surface area (Å²) in [4.78, 5) is 16.2. The number of H-pyrrole nitrogens is 1. The molecule has 0 aliphatic rings. The fourth-order valence-electron chi connectivity index (χ4n) is 1.85. The molecule has 5 nitrogen and oxygen atoms in total. The van der Waals surface area contributed by atoms with Crippen LogP contribution in [0, 0.1) is 6.92 Å². The van der Waals surface area contributed by atoms with Crippen LogP contribution >= 0.6 is 0 Å². The van der Waals surface area contributed by atoms with Gasteiger partial charge in [0.2, 0.25) is 11.9 Å². The number of nitrogens with one attached hydrogen (secondary N) is 2. The van der Waals surface area contributed by atoms with Gasteiger partial charge in [-0.15, -0.1) is 5.10 Å². The third-order valence-corrected chi connectivity index (χ3v) is 2.76. The fraction of sp³-hybridized carbons (Fsp3) is 0.308. The Labute approximate surface area is 106 Å². The topological polar surface area (TPSA) is 70.7 Å². The second-order valence-corrected chi connectivity index (χ2v) is 4.11. The summed E-state index contributed by atoms with van der Waals surface area (Å²) < 4.78 is 0. The first-order chi connectivity index (χ1) is 8.70. The van der Waals surface area contributed by atoms with Crippen molar-refractivity contribution in [3.05, 3.63) is 41.7 Å². The Morgan fingerprint density at radius 3 is 2.67 bits per heavy atom. The highest BCUT2D eigenvalue weighted by molar-refractivity contribution is 5.94. The van der Waals surface area contributed by atoms with Crippen LogP contribution in [-0.2, 0) is 4.79 Å². The molecule has 2 aromatic rings. The number of hydrogen-bond donors (Lipinski definition) is 2. The third kappa shape index (κ3) is 2.74. The number of aromatic amines is 1. The van der Waals surface area contributed by atoms with Crippen molar-refractivity contribution >= 4 is 11.9 Å². The average Bonchev–Trinajstić information content (AvgIpc) is 2.77. The van der Waals surface area contributed by atoms with Crippen LogP contribution in [0.15, 0.2) is 30.3 Å². The third-order valence-electron chi connectivity index (χ3n) is 2.76. The molecule has 94 valence electrons. The molecule has 18 heavy (non-hydrogen) atoms. The van der Waals surface area contributed by atoms with Crippen molar-refractivity contribution in [2.45, 2.75) is 26.2 Å². The summed E-state index contributed by atoms with van der Waals surface area (Å²) in [5, 5.41) is 9.31. The van der Waals surface area contributed by atoms with Crippen LogP contribution in [0.5, 0.6) is 0 Å². The van der Waals surface area contributed by atoms with Crippen LogP contribution in [0.2, 0.25) is 0 Å². The van der Waals surface area contributed by atoms with Gasteiger partial charge in [-0.3, -0.25) is 15.2 Å². The Morgan fingerprint density at radius 2 is 2.11 bits per heavy atom. The SMILES string of the molecule is CCC(C(=O)Nc1n[nH]c(C)n1)c1ccccc1. The molecular weight excluding hydrogens is 228 g/mol. The zero-order valence-corrected chi connectivity index (χ0v) is 10.5. The van der Waals surface area contributed by atoms with Gasteiger partial charge in [0.05, 0.1) is 5.92 Å². The molecule has 0 saturated heterocycles. The Balaban J connectivity index is 2.11. The monoisotopic (exact) mass is 244 g/mol. The second-order valence-electron chi connectivity index (χ2n) is 4.11. The van der Waals surface area contributed by atoms with Gasteiger partial charge in [-0.05, 0) is 18.9 Å². The average molecular weight is 244 g/mol. The maximum atomic E-state index is 12.1. The van der Waals surface area contributed by atoms with Crippen LogP contribution in [0.25, 0.3) is 0 Å². The molecule has 2 rings (SSSR count). The Bertz CT molecular complexity index is 521. The summed E-state index contributed by atoms with van der Waals surface area (Å²) in [6.07, 6.45) is 0.735. The second kappa shape index (κ2) is 5.44. The van der Waals surface area contributed by atoms with Gasteiger partial charge < -0.3 is 0 Å². The quantitative estimate of drug-likeness (QED) is 0.866. The summed E-state index contributed by atoms with van der Waals surface area (Å²) in [6, 6.07) is 9.71. The zero-order valence-electron chi connectivity index (χ0n) is 10.5. The number of hydrogen-bond acceptors (Lipinski definition) is 3. The van der Waals surface area contributed by atoms with Crippen LogP contribution in [0.3, 0.4) is 0 Å². The van der Waals surface area contributed by atoms with Crippen molar-refractivity contribution in [3.63, 3.8) is 0 Å². The number of amides is 1. The number of nitrogens with zero attached hydrogens (tertiary/aromatic N) is 2. The molecule has 1 aromatic heterocycles. The molecule has 1 unspecified atom stereocenters. The highest BCUT2D eigenvalue weighted by Gasteiger charge is 2.19. The molecule has 1 heterocycles. The first-order valence-corrected chi connectivity index (χ1v) is 5.95. The van der Waals surface area contributed by atoms with E-state index in [-0.39, 0.29) is 11.8 Å². The molecule has 0 radical (unpaired) electrons. The lowest BCUT2D eigenvalue weighted by atomic mass is 9.96. The highest BCUT2D eigenvalue weighted by Crippen LogP contribution is 2.20. The lowest BCUT2D eigenvalue weighted by molar-refractivity contribution is -0.117. The number of rotatable bonds is 4. The first kappa shape index (κ1) is 12.3. The Hall–Kier alpha value is -2.17. The Morgan fingerprint density at radius 1 is 1.39 bits per heavy atom.